The molecule has 1 saturated carbocycles. The number of primary amides is 1. The summed E-state index contributed by atoms with van der Waals surface area (Å²) in [4.78, 5) is 10.8. The summed E-state index contributed by atoms with van der Waals surface area (Å²) in [5.41, 5.74) is 9.91. The van der Waals surface area contributed by atoms with Crippen molar-refractivity contribution in [2.24, 2.45) is 17.4 Å². The molecule has 0 aromatic heterocycles. The second-order valence-corrected chi connectivity index (χ2v) is 4.17. The highest BCUT2D eigenvalue weighted by Crippen LogP contribution is 2.31. The predicted molar refractivity (Wildman–Crippen MR) is 55.0 cm³/mol. The van der Waals surface area contributed by atoms with E-state index in [4.69, 9.17) is 16.9 Å². The molecule has 6 N–H and O–H groups in total. The highest BCUT2D eigenvalue weighted by molar-refractivity contribution is 5.91. The molecule has 0 spiro atoms. The van der Waals surface area contributed by atoms with Gasteiger partial charge in [-0.15, -0.1) is 0 Å². The zero-order valence-electron chi connectivity index (χ0n) is 8.47. The maximum Gasteiger partial charge on any atom is 0.312 e. The monoisotopic (exact) mass is 198 g/mol. The summed E-state index contributed by atoms with van der Waals surface area (Å²) in [7, 11) is 0. The van der Waals surface area contributed by atoms with Crippen LogP contribution in [0.3, 0.4) is 0 Å². The first kappa shape index (κ1) is 10.8. The predicted octanol–water partition coefficient (Wildman–Crippen LogP) is 0.540. The van der Waals surface area contributed by atoms with E-state index in [9.17, 15) is 4.79 Å². The quantitative estimate of drug-likeness (QED) is 0.384. The molecule has 0 aromatic rings. The van der Waals surface area contributed by atoms with Crippen molar-refractivity contribution in [3.8, 4) is 0 Å². The number of amides is 2. The number of amidine groups is 1. The van der Waals surface area contributed by atoms with Gasteiger partial charge in [-0.1, -0.05) is 6.92 Å². The third-order valence-electron chi connectivity index (χ3n) is 3.01. The van der Waals surface area contributed by atoms with Crippen LogP contribution in [0.2, 0.25) is 0 Å². The minimum absolute atomic E-state index is 0.0169. The van der Waals surface area contributed by atoms with Crippen LogP contribution < -0.4 is 16.8 Å². The fourth-order valence-electron chi connectivity index (χ4n) is 1.95. The molecule has 0 aromatic carbocycles. The smallest absolute Gasteiger partial charge is 0.312 e. The fourth-order valence-corrected chi connectivity index (χ4v) is 1.95. The normalized spacial score (nSPS) is 32.2. The number of carbonyl (C=O) groups excluding carboxylic acids is 1. The van der Waals surface area contributed by atoms with Crippen LogP contribution in [0.4, 0.5) is 4.79 Å². The molecule has 0 saturated heterocycles. The molecule has 1 aliphatic carbocycles. The summed E-state index contributed by atoms with van der Waals surface area (Å²) >= 11 is 0. The summed E-state index contributed by atoms with van der Waals surface area (Å²) in [6.45, 7) is 2.16. The number of carbonyl (C=O) groups is 1. The summed E-state index contributed by atoms with van der Waals surface area (Å²) in [6, 6.07) is -0.602. The lowest BCUT2D eigenvalue weighted by Gasteiger charge is -2.38. The summed E-state index contributed by atoms with van der Waals surface area (Å²) < 4.78 is 0. The van der Waals surface area contributed by atoms with Crippen LogP contribution in [0, 0.1) is 11.3 Å². The third kappa shape index (κ3) is 2.16. The van der Waals surface area contributed by atoms with Gasteiger partial charge in [0.1, 0.15) is 5.84 Å². The van der Waals surface area contributed by atoms with Gasteiger partial charge in [0.05, 0.1) is 5.54 Å². The zero-order valence-corrected chi connectivity index (χ0v) is 8.47. The molecule has 14 heavy (non-hydrogen) atoms. The van der Waals surface area contributed by atoms with Gasteiger partial charge in [-0.2, -0.15) is 0 Å². The van der Waals surface area contributed by atoms with Crippen LogP contribution in [-0.4, -0.2) is 17.4 Å². The number of urea groups is 1. The maximum atomic E-state index is 10.8. The topological polar surface area (TPSA) is 105 Å². The van der Waals surface area contributed by atoms with Crippen molar-refractivity contribution < 1.29 is 4.79 Å². The maximum absolute atomic E-state index is 10.8. The highest BCUT2D eigenvalue weighted by atomic mass is 16.2. The van der Waals surface area contributed by atoms with E-state index < -0.39 is 11.6 Å². The molecule has 0 radical (unpaired) electrons. The second-order valence-electron chi connectivity index (χ2n) is 4.17. The van der Waals surface area contributed by atoms with Crippen molar-refractivity contribution in [2.45, 2.75) is 38.1 Å². The largest absolute Gasteiger partial charge is 0.386 e. The standard InChI is InChI=1S/C9H18N4O/c1-6-2-4-9(5-3-6,7(10)11)13-8(12)14/h6H,2-5H2,1H3,(H3,10,11)(H3,12,13,14). The van der Waals surface area contributed by atoms with Crippen LogP contribution in [-0.2, 0) is 0 Å². The van der Waals surface area contributed by atoms with Crippen LogP contribution in [0.25, 0.3) is 0 Å². The van der Waals surface area contributed by atoms with Gasteiger partial charge >= 0.3 is 6.03 Å². The summed E-state index contributed by atoms with van der Waals surface area (Å²) in [6.07, 6.45) is 3.37. The third-order valence-corrected chi connectivity index (χ3v) is 3.01. The first-order valence-electron chi connectivity index (χ1n) is 4.88. The zero-order chi connectivity index (χ0) is 10.8. The van der Waals surface area contributed by atoms with Crippen molar-refractivity contribution in [3.63, 3.8) is 0 Å². The van der Waals surface area contributed by atoms with Gasteiger partial charge < -0.3 is 16.8 Å². The SMILES string of the molecule is CC1CCC(NC(N)=O)(C(=N)N)CC1. The van der Waals surface area contributed by atoms with Crippen molar-refractivity contribution in [3.05, 3.63) is 0 Å². The van der Waals surface area contributed by atoms with E-state index >= 15 is 0 Å². The van der Waals surface area contributed by atoms with Gasteiger partial charge in [-0.05, 0) is 31.6 Å². The summed E-state index contributed by atoms with van der Waals surface area (Å²) in [5, 5.41) is 10.1. The number of rotatable bonds is 2. The van der Waals surface area contributed by atoms with Crippen LogP contribution in [0.15, 0.2) is 0 Å². The molecule has 1 rings (SSSR count). The molecule has 80 valence electrons. The second kappa shape index (κ2) is 3.86. The highest BCUT2D eigenvalue weighted by Gasteiger charge is 2.37. The fraction of sp³-hybridized carbons (Fsp3) is 0.778. The molecule has 0 unspecified atom stereocenters. The van der Waals surface area contributed by atoms with E-state index in [2.05, 4.69) is 12.2 Å². The lowest BCUT2D eigenvalue weighted by atomic mass is 9.76. The Bertz CT molecular complexity index is 243. The first-order valence-corrected chi connectivity index (χ1v) is 4.88. The van der Waals surface area contributed by atoms with Gasteiger partial charge in [0.25, 0.3) is 0 Å². The molecule has 1 aliphatic rings. The van der Waals surface area contributed by atoms with E-state index in [1.165, 1.54) is 0 Å². The lowest BCUT2D eigenvalue weighted by Crippen LogP contribution is -2.59. The van der Waals surface area contributed by atoms with Crippen molar-refractivity contribution in [2.75, 3.05) is 0 Å². The number of nitrogens with one attached hydrogen (secondary N) is 2. The Kier molecular flexibility index (Phi) is 2.98. The summed E-state index contributed by atoms with van der Waals surface area (Å²) in [5.74, 6) is 0.653. The molecule has 0 bridgehead atoms. The van der Waals surface area contributed by atoms with Crippen molar-refractivity contribution >= 4 is 11.9 Å². The molecule has 5 nitrogen and oxygen atoms in total. The Balaban J connectivity index is 2.73. The molecule has 2 amide bonds. The Morgan fingerprint density at radius 1 is 1.43 bits per heavy atom. The molecule has 0 heterocycles. The Morgan fingerprint density at radius 3 is 2.29 bits per heavy atom. The van der Waals surface area contributed by atoms with Gasteiger partial charge in [0.15, 0.2) is 0 Å². The Labute approximate surface area is 83.7 Å². The van der Waals surface area contributed by atoms with Crippen molar-refractivity contribution in [1.29, 1.82) is 5.41 Å². The molecule has 0 aliphatic heterocycles. The van der Waals surface area contributed by atoms with E-state index in [-0.39, 0.29) is 5.84 Å². The van der Waals surface area contributed by atoms with E-state index in [0.29, 0.717) is 18.8 Å². The molecule has 0 atom stereocenters. The minimum atomic E-state index is -0.682. The molecule has 5 heteroatoms. The number of hydrogen-bond donors (Lipinski definition) is 4. The van der Waals surface area contributed by atoms with E-state index in [1.807, 2.05) is 0 Å². The number of hydrogen-bond acceptors (Lipinski definition) is 2. The van der Waals surface area contributed by atoms with Gasteiger partial charge in [-0.25, -0.2) is 4.79 Å². The minimum Gasteiger partial charge on any atom is -0.386 e. The van der Waals surface area contributed by atoms with Crippen LogP contribution >= 0.6 is 0 Å². The van der Waals surface area contributed by atoms with Gasteiger partial charge in [0.2, 0.25) is 0 Å². The van der Waals surface area contributed by atoms with E-state index in [1.54, 1.807) is 0 Å². The molecule has 1 fully saturated rings. The Hall–Kier alpha value is -1.26. The molecular formula is C9H18N4O. The first-order chi connectivity index (χ1) is 6.46. The van der Waals surface area contributed by atoms with E-state index in [0.717, 1.165) is 12.8 Å². The van der Waals surface area contributed by atoms with Gasteiger partial charge in [-0.3, -0.25) is 5.41 Å². The van der Waals surface area contributed by atoms with Crippen LogP contribution in [0.5, 0.6) is 0 Å². The average molecular weight is 198 g/mol. The lowest BCUT2D eigenvalue weighted by molar-refractivity contribution is 0.223. The Morgan fingerprint density at radius 2 is 1.93 bits per heavy atom. The van der Waals surface area contributed by atoms with Crippen LogP contribution in [0.1, 0.15) is 32.6 Å². The molecular weight excluding hydrogens is 180 g/mol. The van der Waals surface area contributed by atoms with Crippen molar-refractivity contribution in [1.82, 2.24) is 5.32 Å². The average Bonchev–Trinajstić information content (AvgIpc) is 2.08. The van der Waals surface area contributed by atoms with Gasteiger partial charge in [0, 0.05) is 0 Å². The number of nitrogens with two attached hydrogens (primary N) is 2.